The van der Waals surface area contributed by atoms with Crippen molar-refractivity contribution in [1.82, 2.24) is 15.3 Å². The number of carbonyl (C=O) groups is 1. The first-order valence-electron chi connectivity index (χ1n) is 14.1. The molecule has 1 heterocycles. The van der Waals surface area contributed by atoms with Crippen LogP contribution in [0.5, 0.6) is 0 Å². The smallest absolute Gasteiger partial charge is 0.407 e. The molecule has 1 amide bonds. The molecule has 2 unspecified atom stereocenters. The Kier molecular flexibility index (Phi) is 6.20. The van der Waals surface area contributed by atoms with E-state index in [1.165, 1.54) is 30.4 Å². The molecular weight excluding hydrogens is 476 g/mol. The lowest BCUT2D eigenvalue weighted by atomic mass is 9.48. The number of nitrogens with zero attached hydrogens (tertiary/aromatic N) is 3. The first-order valence-corrected chi connectivity index (χ1v) is 14.1. The maximum Gasteiger partial charge on any atom is 0.407 e. The molecule has 200 valence electrons. The Bertz CT molecular complexity index is 1250. The van der Waals surface area contributed by atoms with Crippen LogP contribution in [-0.2, 0) is 11.2 Å². The van der Waals surface area contributed by atoms with Gasteiger partial charge in [0.1, 0.15) is 23.1 Å². The molecule has 5 aliphatic rings. The van der Waals surface area contributed by atoms with Gasteiger partial charge in [0, 0.05) is 12.6 Å². The van der Waals surface area contributed by atoms with Crippen molar-refractivity contribution in [2.75, 3.05) is 17.2 Å². The molecular formula is C30H38N6O2. The van der Waals surface area contributed by atoms with Crippen molar-refractivity contribution >= 4 is 17.9 Å². The van der Waals surface area contributed by atoms with Gasteiger partial charge in [-0.2, -0.15) is 10.2 Å². The summed E-state index contributed by atoms with van der Waals surface area (Å²) in [5.74, 6) is 2.80. The van der Waals surface area contributed by atoms with Gasteiger partial charge in [0.25, 0.3) is 0 Å². The van der Waals surface area contributed by atoms with E-state index < -0.39 is 5.60 Å². The summed E-state index contributed by atoms with van der Waals surface area (Å²) in [5, 5.41) is 20.0. The number of anilines is 2. The quantitative estimate of drug-likeness (QED) is 0.461. The highest BCUT2D eigenvalue weighted by Gasteiger charge is 2.55. The minimum Gasteiger partial charge on any atom is -0.444 e. The number of fused-ring (bicyclic) bond motifs is 1. The summed E-state index contributed by atoms with van der Waals surface area (Å²) < 4.78 is 5.56. The van der Waals surface area contributed by atoms with Crippen LogP contribution in [0.15, 0.2) is 30.5 Å². The molecule has 5 aliphatic carbocycles. The van der Waals surface area contributed by atoms with Crippen LogP contribution in [0.4, 0.5) is 16.6 Å². The van der Waals surface area contributed by atoms with E-state index >= 15 is 0 Å². The summed E-state index contributed by atoms with van der Waals surface area (Å²) in [7, 11) is 0. The number of hydrogen-bond acceptors (Lipinski definition) is 7. The molecule has 8 heteroatoms. The number of ether oxygens (including phenoxy) is 1. The fraction of sp³-hybridized carbons (Fsp3) is 0.600. The lowest BCUT2D eigenvalue weighted by Gasteiger charge is -2.60. The average Bonchev–Trinajstić information content (AvgIpc) is 3.26. The number of aromatic nitrogens is 2. The fourth-order valence-electron chi connectivity index (χ4n) is 7.89. The van der Waals surface area contributed by atoms with E-state index in [4.69, 9.17) is 9.72 Å². The second kappa shape index (κ2) is 9.44. The number of nitrogens with one attached hydrogen (secondary N) is 3. The maximum absolute atomic E-state index is 12.5. The van der Waals surface area contributed by atoms with Gasteiger partial charge in [0.15, 0.2) is 0 Å². The van der Waals surface area contributed by atoms with Crippen molar-refractivity contribution in [3.8, 4) is 6.07 Å². The number of amides is 1. The zero-order valence-corrected chi connectivity index (χ0v) is 22.6. The lowest BCUT2D eigenvalue weighted by molar-refractivity contribution is -0.0703. The predicted octanol–water partition coefficient (Wildman–Crippen LogP) is 5.58. The Morgan fingerprint density at radius 1 is 1.18 bits per heavy atom. The zero-order valence-electron chi connectivity index (χ0n) is 22.6. The van der Waals surface area contributed by atoms with Gasteiger partial charge in [0.2, 0.25) is 5.95 Å². The van der Waals surface area contributed by atoms with Gasteiger partial charge in [-0.25, -0.2) is 9.78 Å². The molecule has 8 nitrogen and oxygen atoms in total. The fourth-order valence-corrected chi connectivity index (χ4v) is 7.89. The van der Waals surface area contributed by atoms with Gasteiger partial charge in [-0.1, -0.05) is 24.3 Å². The molecule has 4 fully saturated rings. The topological polar surface area (TPSA) is 112 Å². The second-order valence-electron chi connectivity index (χ2n) is 13.0. The summed E-state index contributed by atoms with van der Waals surface area (Å²) in [6.07, 6.45) is 9.07. The number of nitriles is 1. The molecule has 7 rings (SSSR count). The number of alkyl carbamates (subject to hydrolysis) is 1. The van der Waals surface area contributed by atoms with E-state index in [0.29, 0.717) is 35.1 Å². The molecule has 0 spiro atoms. The van der Waals surface area contributed by atoms with Crippen LogP contribution in [0, 0.1) is 34.5 Å². The zero-order chi connectivity index (χ0) is 26.5. The SMILES string of the molecule is CC(C)(C)OC(=O)N[C@@H]1[C@@H]2CC3C[C@H]1C[C@](CNc1nc(NC4CCc5ccccc54)ncc1C#N)(C3)C2. The number of rotatable bonds is 6. The van der Waals surface area contributed by atoms with E-state index in [-0.39, 0.29) is 23.6 Å². The molecule has 2 aromatic rings. The van der Waals surface area contributed by atoms with Gasteiger partial charge in [-0.05, 0) is 100 Å². The first kappa shape index (κ1) is 25.0. The minimum absolute atomic E-state index is 0.165. The Morgan fingerprint density at radius 3 is 2.68 bits per heavy atom. The van der Waals surface area contributed by atoms with Gasteiger partial charge >= 0.3 is 6.09 Å². The van der Waals surface area contributed by atoms with E-state index in [1.807, 2.05) is 20.8 Å². The Balaban J connectivity index is 1.13. The van der Waals surface area contributed by atoms with Crippen LogP contribution in [-0.4, -0.2) is 34.2 Å². The Hall–Kier alpha value is -3.34. The maximum atomic E-state index is 12.5. The number of aryl methyl sites for hydroxylation is 1. The number of benzene rings is 1. The Labute approximate surface area is 225 Å². The second-order valence-corrected chi connectivity index (χ2v) is 13.0. The third kappa shape index (κ3) is 4.91. The van der Waals surface area contributed by atoms with Crippen molar-refractivity contribution in [1.29, 1.82) is 5.26 Å². The molecule has 6 atom stereocenters. The molecule has 0 saturated heterocycles. The van der Waals surface area contributed by atoms with Crippen LogP contribution in [0.3, 0.4) is 0 Å². The van der Waals surface area contributed by atoms with E-state index in [1.54, 1.807) is 6.20 Å². The van der Waals surface area contributed by atoms with E-state index in [0.717, 1.165) is 32.2 Å². The predicted molar refractivity (Wildman–Crippen MR) is 146 cm³/mol. The highest BCUT2D eigenvalue weighted by molar-refractivity contribution is 5.68. The Morgan fingerprint density at radius 2 is 1.95 bits per heavy atom. The normalized spacial score (nSPS) is 30.8. The standard InChI is InChI=1S/C30H38N6O2/c1-29(2,3)38-28(37)35-25-20-10-18-11-21(25)14-30(12-18,13-20)17-33-26-22(15-31)16-32-27(36-26)34-24-9-8-19-6-4-5-7-23(19)24/h4-7,16,18,20-21,24-25H,8-14,17H2,1-3H3,(H,35,37)(H2,32,33,34,36)/t18?,20-,21+,24?,25-,30+. The third-order valence-electron chi connectivity index (χ3n) is 9.06. The van der Waals surface area contributed by atoms with Gasteiger partial charge in [-0.3, -0.25) is 0 Å². The number of hydrogen-bond donors (Lipinski definition) is 3. The summed E-state index contributed by atoms with van der Waals surface area (Å²) in [6, 6.07) is 11.1. The summed E-state index contributed by atoms with van der Waals surface area (Å²) >= 11 is 0. The van der Waals surface area contributed by atoms with Crippen molar-refractivity contribution in [3.05, 3.63) is 47.2 Å². The summed E-state index contributed by atoms with van der Waals surface area (Å²) in [4.78, 5) is 21.7. The molecule has 38 heavy (non-hydrogen) atoms. The van der Waals surface area contributed by atoms with Crippen molar-refractivity contribution < 1.29 is 9.53 Å². The van der Waals surface area contributed by atoms with Crippen molar-refractivity contribution in [3.63, 3.8) is 0 Å². The molecule has 4 saturated carbocycles. The van der Waals surface area contributed by atoms with Crippen LogP contribution < -0.4 is 16.0 Å². The molecule has 3 N–H and O–H groups in total. The lowest BCUT2D eigenvalue weighted by Crippen LogP contribution is -2.60. The molecule has 4 bridgehead atoms. The van der Waals surface area contributed by atoms with Crippen LogP contribution in [0.2, 0.25) is 0 Å². The van der Waals surface area contributed by atoms with Crippen LogP contribution in [0.1, 0.15) is 82.0 Å². The summed E-state index contributed by atoms with van der Waals surface area (Å²) in [6.45, 7) is 6.49. The first-order chi connectivity index (χ1) is 18.2. The highest BCUT2D eigenvalue weighted by atomic mass is 16.6. The van der Waals surface area contributed by atoms with Gasteiger partial charge in [0.05, 0.1) is 12.2 Å². The van der Waals surface area contributed by atoms with Gasteiger partial charge < -0.3 is 20.7 Å². The van der Waals surface area contributed by atoms with Crippen LogP contribution in [0.25, 0.3) is 0 Å². The van der Waals surface area contributed by atoms with Crippen LogP contribution >= 0.6 is 0 Å². The highest BCUT2D eigenvalue weighted by Crippen LogP contribution is 2.60. The monoisotopic (exact) mass is 514 g/mol. The van der Waals surface area contributed by atoms with E-state index in [2.05, 4.69) is 51.3 Å². The molecule has 1 aromatic heterocycles. The minimum atomic E-state index is -0.494. The molecule has 0 radical (unpaired) electrons. The molecule has 0 aliphatic heterocycles. The van der Waals surface area contributed by atoms with Crippen molar-refractivity contribution in [2.45, 2.75) is 83.4 Å². The average molecular weight is 515 g/mol. The third-order valence-corrected chi connectivity index (χ3v) is 9.06. The number of carbonyl (C=O) groups excluding carboxylic acids is 1. The summed E-state index contributed by atoms with van der Waals surface area (Å²) in [5.41, 5.74) is 2.82. The van der Waals surface area contributed by atoms with Gasteiger partial charge in [-0.15, -0.1) is 0 Å². The molecule has 1 aromatic carbocycles. The van der Waals surface area contributed by atoms with E-state index in [9.17, 15) is 10.1 Å². The largest absolute Gasteiger partial charge is 0.444 e. The van der Waals surface area contributed by atoms with Crippen molar-refractivity contribution in [2.24, 2.45) is 23.2 Å².